The lowest BCUT2D eigenvalue weighted by molar-refractivity contribution is -0.132. The van der Waals surface area contributed by atoms with E-state index in [4.69, 9.17) is 0 Å². The molecule has 1 saturated heterocycles. The van der Waals surface area contributed by atoms with Crippen LogP contribution in [0.2, 0.25) is 0 Å². The molecule has 1 fully saturated rings. The lowest BCUT2D eigenvalue weighted by atomic mass is 10.0. The maximum absolute atomic E-state index is 12.7. The standard InChI is InChI=1S/C22H24N2OS/c25-22(14-6-13-21-23-19-11-4-5-12-20(19)26-21)24-15-7-10-18(24)16-17-8-2-1-3-9-17/h1-5,8-9,11-12,18H,6-7,10,13-16H2. The van der Waals surface area contributed by atoms with Gasteiger partial charge in [0.05, 0.1) is 15.2 Å². The van der Waals surface area contributed by atoms with Gasteiger partial charge in [-0.1, -0.05) is 42.5 Å². The van der Waals surface area contributed by atoms with Crippen LogP contribution in [0.15, 0.2) is 54.6 Å². The third-order valence-electron chi connectivity index (χ3n) is 5.13. The van der Waals surface area contributed by atoms with Crippen LogP contribution in [0.5, 0.6) is 0 Å². The maximum atomic E-state index is 12.7. The number of rotatable bonds is 6. The Hall–Kier alpha value is -2.20. The van der Waals surface area contributed by atoms with Crippen molar-refractivity contribution in [2.45, 2.75) is 44.6 Å². The van der Waals surface area contributed by atoms with Crippen LogP contribution in [-0.4, -0.2) is 28.4 Å². The average Bonchev–Trinajstić information content (AvgIpc) is 3.28. The van der Waals surface area contributed by atoms with E-state index >= 15 is 0 Å². The van der Waals surface area contributed by atoms with Crippen LogP contribution in [-0.2, 0) is 17.6 Å². The Bertz CT molecular complexity index is 841. The second kappa shape index (κ2) is 8.00. The molecule has 1 atom stereocenters. The van der Waals surface area contributed by atoms with E-state index in [1.165, 1.54) is 10.3 Å². The first-order chi connectivity index (χ1) is 12.8. The van der Waals surface area contributed by atoms with Crippen LogP contribution < -0.4 is 0 Å². The summed E-state index contributed by atoms with van der Waals surface area (Å²) in [6.07, 6.45) is 5.63. The van der Waals surface area contributed by atoms with Gasteiger partial charge in [-0.15, -0.1) is 11.3 Å². The first-order valence-corrected chi connectivity index (χ1v) is 10.3. The molecule has 1 aromatic heterocycles. The van der Waals surface area contributed by atoms with Crippen molar-refractivity contribution in [1.29, 1.82) is 0 Å². The zero-order valence-electron chi connectivity index (χ0n) is 14.9. The minimum Gasteiger partial charge on any atom is -0.339 e. The second-order valence-electron chi connectivity index (χ2n) is 7.00. The highest BCUT2D eigenvalue weighted by atomic mass is 32.1. The largest absolute Gasteiger partial charge is 0.339 e. The number of hydrogen-bond donors (Lipinski definition) is 0. The van der Waals surface area contributed by atoms with Gasteiger partial charge in [-0.2, -0.15) is 0 Å². The van der Waals surface area contributed by atoms with Gasteiger partial charge in [0.2, 0.25) is 5.91 Å². The van der Waals surface area contributed by atoms with Gasteiger partial charge in [0.15, 0.2) is 0 Å². The van der Waals surface area contributed by atoms with Crippen LogP contribution >= 0.6 is 11.3 Å². The third-order valence-corrected chi connectivity index (χ3v) is 6.23. The first-order valence-electron chi connectivity index (χ1n) is 9.47. The van der Waals surface area contributed by atoms with Crippen molar-refractivity contribution in [1.82, 2.24) is 9.88 Å². The number of para-hydroxylation sites is 1. The summed E-state index contributed by atoms with van der Waals surface area (Å²) in [7, 11) is 0. The van der Waals surface area contributed by atoms with Crippen molar-refractivity contribution in [3.63, 3.8) is 0 Å². The van der Waals surface area contributed by atoms with E-state index in [9.17, 15) is 4.79 Å². The lowest BCUT2D eigenvalue weighted by Gasteiger charge is -2.25. The number of fused-ring (bicyclic) bond motifs is 1. The van der Waals surface area contributed by atoms with Crippen LogP contribution in [0.1, 0.15) is 36.3 Å². The van der Waals surface area contributed by atoms with Gasteiger partial charge in [-0.3, -0.25) is 4.79 Å². The molecule has 0 spiro atoms. The van der Waals surface area contributed by atoms with E-state index in [1.807, 2.05) is 18.2 Å². The number of aromatic nitrogens is 1. The van der Waals surface area contributed by atoms with E-state index in [1.54, 1.807) is 11.3 Å². The highest BCUT2D eigenvalue weighted by Crippen LogP contribution is 2.25. The monoisotopic (exact) mass is 364 g/mol. The molecule has 2 aromatic carbocycles. The van der Waals surface area contributed by atoms with Crippen molar-refractivity contribution >= 4 is 27.5 Å². The van der Waals surface area contributed by atoms with Gasteiger partial charge in [0, 0.05) is 19.0 Å². The number of likely N-dealkylation sites (tertiary alicyclic amines) is 1. The van der Waals surface area contributed by atoms with E-state index < -0.39 is 0 Å². The molecule has 4 rings (SSSR count). The van der Waals surface area contributed by atoms with E-state index in [-0.39, 0.29) is 0 Å². The van der Waals surface area contributed by atoms with Crippen molar-refractivity contribution in [2.24, 2.45) is 0 Å². The molecule has 3 aromatic rings. The van der Waals surface area contributed by atoms with Gasteiger partial charge in [0.25, 0.3) is 0 Å². The number of thiazole rings is 1. The zero-order chi connectivity index (χ0) is 17.8. The SMILES string of the molecule is O=C(CCCc1nc2ccccc2s1)N1CCCC1Cc1ccccc1. The Morgan fingerprint density at radius 2 is 1.92 bits per heavy atom. The molecule has 0 saturated carbocycles. The molecule has 0 N–H and O–H groups in total. The summed E-state index contributed by atoms with van der Waals surface area (Å²) < 4.78 is 1.23. The summed E-state index contributed by atoms with van der Waals surface area (Å²) >= 11 is 1.75. The van der Waals surface area contributed by atoms with Crippen molar-refractivity contribution in [2.75, 3.05) is 6.54 Å². The number of aryl methyl sites for hydroxylation is 1. The van der Waals surface area contributed by atoms with Crippen LogP contribution in [0.3, 0.4) is 0 Å². The molecule has 1 amide bonds. The fourth-order valence-electron chi connectivity index (χ4n) is 3.82. The van der Waals surface area contributed by atoms with Crippen LogP contribution in [0, 0.1) is 0 Å². The van der Waals surface area contributed by atoms with E-state index in [0.29, 0.717) is 18.4 Å². The molecular weight excluding hydrogens is 340 g/mol. The predicted octanol–water partition coefficient (Wildman–Crippen LogP) is 4.85. The summed E-state index contributed by atoms with van der Waals surface area (Å²) in [6, 6.07) is 19.1. The quantitative estimate of drug-likeness (QED) is 0.626. The Morgan fingerprint density at radius 3 is 2.77 bits per heavy atom. The normalized spacial score (nSPS) is 17.1. The molecule has 4 heteroatoms. The zero-order valence-corrected chi connectivity index (χ0v) is 15.8. The lowest BCUT2D eigenvalue weighted by Crippen LogP contribution is -2.36. The third kappa shape index (κ3) is 3.96. The highest BCUT2D eigenvalue weighted by molar-refractivity contribution is 7.18. The minimum atomic E-state index is 0.310. The molecule has 1 aliphatic heterocycles. The minimum absolute atomic E-state index is 0.310. The van der Waals surface area contributed by atoms with Gasteiger partial charge in [-0.25, -0.2) is 4.98 Å². The number of carbonyl (C=O) groups excluding carboxylic acids is 1. The average molecular weight is 365 g/mol. The molecular formula is C22H24N2OS. The predicted molar refractivity (Wildman–Crippen MR) is 107 cm³/mol. The molecule has 0 radical (unpaired) electrons. The first kappa shape index (κ1) is 17.2. The number of carbonyl (C=O) groups is 1. The van der Waals surface area contributed by atoms with Gasteiger partial charge in [0.1, 0.15) is 0 Å². The Labute approximate surface area is 158 Å². The second-order valence-corrected chi connectivity index (χ2v) is 8.12. The van der Waals surface area contributed by atoms with Gasteiger partial charge in [-0.05, 0) is 49.8 Å². The molecule has 1 aliphatic rings. The summed E-state index contributed by atoms with van der Waals surface area (Å²) in [4.78, 5) is 19.5. The molecule has 1 unspecified atom stereocenters. The van der Waals surface area contributed by atoms with Crippen molar-refractivity contribution in [3.8, 4) is 0 Å². The molecule has 2 heterocycles. The summed E-state index contributed by atoms with van der Waals surface area (Å²) in [5.41, 5.74) is 2.40. The number of nitrogens with zero attached hydrogens (tertiary/aromatic N) is 2. The topological polar surface area (TPSA) is 33.2 Å². The molecule has 26 heavy (non-hydrogen) atoms. The molecule has 0 bridgehead atoms. The van der Waals surface area contributed by atoms with Gasteiger partial charge < -0.3 is 4.90 Å². The van der Waals surface area contributed by atoms with E-state index in [0.717, 1.165) is 49.2 Å². The van der Waals surface area contributed by atoms with E-state index in [2.05, 4.69) is 46.3 Å². The Kier molecular flexibility index (Phi) is 5.30. The summed E-state index contributed by atoms with van der Waals surface area (Å²) in [5.74, 6) is 0.310. The smallest absolute Gasteiger partial charge is 0.222 e. The van der Waals surface area contributed by atoms with Crippen LogP contribution in [0.25, 0.3) is 10.2 Å². The number of amides is 1. The fraction of sp³-hybridized carbons (Fsp3) is 0.364. The van der Waals surface area contributed by atoms with Gasteiger partial charge >= 0.3 is 0 Å². The summed E-state index contributed by atoms with van der Waals surface area (Å²) in [6.45, 7) is 0.914. The highest BCUT2D eigenvalue weighted by Gasteiger charge is 2.28. The maximum Gasteiger partial charge on any atom is 0.222 e. The fourth-order valence-corrected chi connectivity index (χ4v) is 4.83. The Balaban J connectivity index is 1.31. The molecule has 3 nitrogen and oxygen atoms in total. The van der Waals surface area contributed by atoms with Crippen molar-refractivity contribution < 1.29 is 4.79 Å². The molecule has 134 valence electrons. The van der Waals surface area contributed by atoms with Crippen LogP contribution in [0.4, 0.5) is 0 Å². The number of benzene rings is 2. The van der Waals surface area contributed by atoms with Crippen molar-refractivity contribution in [3.05, 3.63) is 65.2 Å². The number of hydrogen-bond acceptors (Lipinski definition) is 3. The summed E-state index contributed by atoms with van der Waals surface area (Å²) in [5, 5.41) is 1.14. The molecule has 0 aliphatic carbocycles. The Morgan fingerprint density at radius 1 is 1.12 bits per heavy atom.